The molecule has 0 saturated heterocycles. The number of aryl methyl sites for hydroxylation is 1. The van der Waals surface area contributed by atoms with Gasteiger partial charge in [0.1, 0.15) is 4.90 Å². The highest BCUT2D eigenvalue weighted by Gasteiger charge is 2.25. The molecule has 140 valence electrons. The highest BCUT2D eigenvalue weighted by Crippen LogP contribution is 2.23. The van der Waals surface area contributed by atoms with Crippen molar-refractivity contribution in [2.45, 2.75) is 31.1 Å². The first kappa shape index (κ1) is 17.5. The Balaban J connectivity index is 1.68. The van der Waals surface area contributed by atoms with E-state index in [1.54, 1.807) is 37.3 Å². The Bertz CT molecular complexity index is 1120. The molecule has 0 spiro atoms. The molecule has 3 aromatic rings. The number of aromatic amines is 1. The Hall–Kier alpha value is -2.87. The first-order valence-corrected chi connectivity index (χ1v) is 10.3. The molecule has 7 nitrogen and oxygen atoms in total. The molecule has 0 unspecified atom stereocenters. The van der Waals surface area contributed by atoms with Crippen molar-refractivity contribution in [2.24, 2.45) is 0 Å². The number of fused-ring (bicyclic) bond motifs is 1. The monoisotopic (exact) mass is 384 g/mol. The summed E-state index contributed by atoms with van der Waals surface area (Å²) < 4.78 is 28.7. The number of H-pyrrole nitrogens is 1. The summed E-state index contributed by atoms with van der Waals surface area (Å²) in [6.07, 6.45) is 3.90. The van der Waals surface area contributed by atoms with Crippen molar-refractivity contribution in [3.63, 3.8) is 0 Å². The molecule has 0 atom stereocenters. The lowest BCUT2D eigenvalue weighted by atomic mass is 10.3. The summed E-state index contributed by atoms with van der Waals surface area (Å²) in [5.74, 6) is 0.385. The third-order valence-electron chi connectivity index (χ3n) is 4.80. The summed E-state index contributed by atoms with van der Waals surface area (Å²) in [4.78, 5) is 16.8. The van der Waals surface area contributed by atoms with Crippen molar-refractivity contribution >= 4 is 15.7 Å². The predicted molar refractivity (Wildman–Crippen MR) is 103 cm³/mol. The van der Waals surface area contributed by atoms with Gasteiger partial charge in [0.25, 0.3) is 15.6 Å². The first-order chi connectivity index (χ1) is 13.0. The third-order valence-corrected chi connectivity index (χ3v) is 6.68. The second kappa shape index (κ2) is 6.70. The van der Waals surface area contributed by atoms with E-state index in [9.17, 15) is 13.2 Å². The summed E-state index contributed by atoms with van der Waals surface area (Å²) in [6, 6.07) is 12.0. The lowest BCUT2D eigenvalue weighted by Gasteiger charge is -2.22. The van der Waals surface area contributed by atoms with Crippen LogP contribution >= 0.6 is 0 Å². The van der Waals surface area contributed by atoms with E-state index < -0.39 is 10.0 Å². The van der Waals surface area contributed by atoms with Gasteiger partial charge in [0, 0.05) is 24.0 Å². The molecule has 1 aliphatic rings. The summed E-state index contributed by atoms with van der Waals surface area (Å²) in [5, 5.41) is 3.08. The molecule has 4 rings (SSSR count). The Morgan fingerprint density at radius 1 is 1.15 bits per heavy atom. The maximum atomic E-state index is 13.0. The van der Waals surface area contributed by atoms with Crippen molar-refractivity contribution in [1.82, 2.24) is 14.8 Å². The van der Waals surface area contributed by atoms with Crippen LogP contribution in [0.4, 0.5) is 5.69 Å². The Morgan fingerprint density at radius 3 is 2.56 bits per heavy atom. The number of hydrogen-bond donors (Lipinski definition) is 1. The predicted octanol–water partition coefficient (Wildman–Crippen LogP) is 2.26. The molecule has 2 aromatic heterocycles. The van der Waals surface area contributed by atoms with Crippen LogP contribution in [-0.2, 0) is 22.9 Å². The molecular weight excluding hydrogens is 364 g/mol. The van der Waals surface area contributed by atoms with E-state index in [0.717, 1.165) is 30.5 Å². The first-order valence-electron chi connectivity index (χ1n) is 8.89. The maximum absolute atomic E-state index is 13.0. The van der Waals surface area contributed by atoms with Crippen LogP contribution in [0.25, 0.3) is 5.82 Å². The van der Waals surface area contributed by atoms with Crippen molar-refractivity contribution in [3.8, 4) is 5.82 Å². The van der Waals surface area contributed by atoms with Gasteiger partial charge in [0.15, 0.2) is 5.82 Å². The average Bonchev–Trinajstić information content (AvgIpc) is 3.26. The number of aromatic nitrogens is 3. The minimum absolute atomic E-state index is 0.0871. The number of para-hydroxylation sites is 1. The van der Waals surface area contributed by atoms with E-state index in [2.05, 4.69) is 10.1 Å². The van der Waals surface area contributed by atoms with Crippen molar-refractivity contribution < 1.29 is 8.42 Å². The normalized spacial score (nSPS) is 13.5. The number of pyridine rings is 1. The summed E-state index contributed by atoms with van der Waals surface area (Å²) >= 11 is 0. The third kappa shape index (κ3) is 2.95. The van der Waals surface area contributed by atoms with Crippen molar-refractivity contribution in [2.75, 3.05) is 10.8 Å². The fourth-order valence-electron chi connectivity index (χ4n) is 3.46. The standard InChI is InChI=1S/C19H20N4O3S/c1-2-22(14-7-4-3-5-8-14)27(25,26)15-11-12-18(20-13-15)23-19(24)16-9-6-10-17(16)21-23/h3-5,7-8,11-13,21H,2,6,9-10H2,1H3. The number of rotatable bonds is 5. The van der Waals surface area contributed by atoms with E-state index in [4.69, 9.17) is 0 Å². The minimum atomic E-state index is -3.74. The van der Waals surface area contributed by atoms with Crippen LogP contribution in [0.15, 0.2) is 58.4 Å². The zero-order chi connectivity index (χ0) is 19.0. The Kier molecular flexibility index (Phi) is 4.35. The van der Waals surface area contributed by atoms with Crippen LogP contribution in [0.3, 0.4) is 0 Å². The Labute approximate surface area is 157 Å². The number of benzene rings is 1. The number of nitrogens with one attached hydrogen (secondary N) is 1. The van der Waals surface area contributed by atoms with E-state index >= 15 is 0 Å². The van der Waals surface area contributed by atoms with Gasteiger partial charge in [-0.1, -0.05) is 18.2 Å². The molecule has 0 bridgehead atoms. The zero-order valence-electron chi connectivity index (χ0n) is 14.9. The molecule has 0 radical (unpaired) electrons. The smallest absolute Gasteiger partial charge is 0.276 e. The van der Waals surface area contributed by atoms with Gasteiger partial charge >= 0.3 is 0 Å². The van der Waals surface area contributed by atoms with Crippen molar-refractivity contribution in [1.29, 1.82) is 0 Å². The topological polar surface area (TPSA) is 88.1 Å². The van der Waals surface area contributed by atoms with Crippen LogP contribution in [0, 0.1) is 0 Å². The molecule has 0 aliphatic heterocycles. The van der Waals surface area contributed by atoms with Crippen LogP contribution in [0.2, 0.25) is 0 Å². The summed E-state index contributed by atoms with van der Waals surface area (Å²) in [6.45, 7) is 2.09. The Morgan fingerprint density at radius 2 is 1.93 bits per heavy atom. The summed E-state index contributed by atoms with van der Waals surface area (Å²) in [5.41, 5.74) is 2.24. The van der Waals surface area contributed by atoms with Gasteiger partial charge in [-0.05, 0) is 50.5 Å². The van der Waals surface area contributed by atoms with Crippen LogP contribution < -0.4 is 9.86 Å². The fraction of sp³-hybridized carbons (Fsp3) is 0.263. The van der Waals surface area contributed by atoms with E-state index in [-0.39, 0.29) is 10.5 Å². The lowest BCUT2D eigenvalue weighted by molar-refractivity contribution is 0.591. The average molecular weight is 384 g/mol. The number of hydrogen-bond acceptors (Lipinski definition) is 4. The van der Waals surface area contributed by atoms with Gasteiger partial charge in [-0.25, -0.2) is 18.1 Å². The van der Waals surface area contributed by atoms with Gasteiger partial charge in [-0.15, -0.1) is 0 Å². The highest BCUT2D eigenvalue weighted by atomic mass is 32.2. The molecule has 0 amide bonds. The van der Waals surface area contributed by atoms with Gasteiger partial charge in [0.05, 0.1) is 5.69 Å². The summed E-state index contributed by atoms with van der Waals surface area (Å²) in [7, 11) is -3.74. The number of nitrogens with zero attached hydrogens (tertiary/aromatic N) is 3. The molecule has 0 fully saturated rings. The van der Waals surface area contributed by atoms with E-state index in [1.165, 1.54) is 21.3 Å². The lowest BCUT2D eigenvalue weighted by Crippen LogP contribution is -2.30. The fourth-order valence-corrected chi connectivity index (χ4v) is 4.87. The highest BCUT2D eigenvalue weighted by molar-refractivity contribution is 7.92. The quantitative estimate of drug-likeness (QED) is 0.731. The van der Waals surface area contributed by atoms with Gasteiger partial charge < -0.3 is 0 Å². The molecular formula is C19H20N4O3S. The maximum Gasteiger partial charge on any atom is 0.276 e. The van der Waals surface area contributed by atoms with E-state index in [0.29, 0.717) is 18.1 Å². The second-order valence-electron chi connectivity index (χ2n) is 6.42. The molecule has 1 N–H and O–H groups in total. The van der Waals surface area contributed by atoms with E-state index in [1.807, 2.05) is 6.07 Å². The van der Waals surface area contributed by atoms with Crippen molar-refractivity contribution in [3.05, 3.63) is 70.3 Å². The molecule has 2 heterocycles. The number of anilines is 1. The van der Waals surface area contributed by atoms with Crippen LogP contribution in [0.5, 0.6) is 0 Å². The number of sulfonamides is 1. The van der Waals surface area contributed by atoms with Gasteiger partial charge in [-0.2, -0.15) is 0 Å². The SMILES string of the molecule is CCN(c1ccccc1)S(=O)(=O)c1ccc(-n2[nH]c3c(c2=O)CCC3)nc1. The molecule has 1 aliphatic carbocycles. The van der Waals surface area contributed by atoms with Gasteiger partial charge in [-0.3, -0.25) is 14.2 Å². The van der Waals surface area contributed by atoms with Crippen LogP contribution in [-0.4, -0.2) is 29.7 Å². The molecule has 0 saturated carbocycles. The molecule has 1 aromatic carbocycles. The van der Waals surface area contributed by atoms with Crippen LogP contribution in [0.1, 0.15) is 24.6 Å². The van der Waals surface area contributed by atoms with Gasteiger partial charge in [0.2, 0.25) is 0 Å². The largest absolute Gasteiger partial charge is 0.293 e. The second-order valence-corrected chi connectivity index (χ2v) is 8.28. The molecule has 8 heteroatoms. The zero-order valence-corrected chi connectivity index (χ0v) is 15.7. The minimum Gasteiger partial charge on any atom is -0.293 e. The molecule has 27 heavy (non-hydrogen) atoms.